The fraction of sp³-hybridized carbons (Fsp3) is 0.250. The highest BCUT2D eigenvalue weighted by atomic mass is 127. The second-order valence-corrected chi connectivity index (χ2v) is 6.67. The van der Waals surface area contributed by atoms with Gasteiger partial charge in [0.1, 0.15) is 11.9 Å². The molecule has 0 fully saturated rings. The number of halogens is 2. The van der Waals surface area contributed by atoms with Gasteiger partial charge in [0.05, 0.1) is 3.57 Å². The fourth-order valence-corrected chi connectivity index (χ4v) is 2.73. The third-order valence-corrected chi connectivity index (χ3v) is 4.57. The van der Waals surface area contributed by atoms with Crippen LogP contribution in [0.25, 0.3) is 0 Å². The molecule has 0 spiro atoms. The largest absolute Gasteiger partial charge is 0.483 e. The van der Waals surface area contributed by atoms with Crippen LogP contribution in [0.15, 0.2) is 53.0 Å². The van der Waals surface area contributed by atoms with Gasteiger partial charge < -0.3 is 10.5 Å². The molecule has 2 nitrogen and oxygen atoms in total. The van der Waals surface area contributed by atoms with E-state index in [1.807, 2.05) is 36.4 Å². The van der Waals surface area contributed by atoms with Gasteiger partial charge in [0, 0.05) is 10.5 Å². The standard InChI is InChI=1S/C16H17BrINO/c1-2-14(19)16(11-7-9-12(17)10-8-11)20-15-6-4-3-5-13(15)18/h3-10,14,16H,2,19H2,1H3. The SMILES string of the molecule is CCC(N)C(Oc1ccccc1I)c1ccc(Br)cc1. The Morgan fingerprint density at radius 2 is 1.80 bits per heavy atom. The van der Waals surface area contributed by atoms with Crippen LogP contribution >= 0.6 is 38.5 Å². The van der Waals surface area contributed by atoms with E-state index >= 15 is 0 Å². The van der Waals surface area contributed by atoms with E-state index in [4.69, 9.17) is 10.5 Å². The number of hydrogen-bond acceptors (Lipinski definition) is 2. The van der Waals surface area contributed by atoms with Crippen LogP contribution in [0.3, 0.4) is 0 Å². The van der Waals surface area contributed by atoms with Gasteiger partial charge in [-0.25, -0.2) is 0 Å². The lowest BCUT2D eigenvalue weighted by atomic mass is 10.0. The molecule has 2 unspecified atom stereocenters. The molecule has 2 aromatic carbocycles. The third kappa shape index (κ3) is 3.96. The van der Waals surface area contributed by atoms with Crippen molar-refractivity contribution < 1.29 is 4.74 Å². The van der Waals surface area contributed by atoms with Crippen molar-refractivity contribution in [2.45, 2.75) is 25.5 Å². The molecular formula is C16H17BrINO. The smallest absolute Gasteiger partial charge is 0.139 e. The van der Waals surface area contributed by atoms with Gasteiger partial charge in [-0.2, -0.15) is 0 Å². The summed E-state index contributed by atoms with van der Waals surface area (Å²) in [5.41, 5.74) is 7.35. The van der Waals surface area contributed by atoms with E-state index in [9.17, 15) is 0 Å². The van der Waals surface area contributed by atoms with E-state index in [1.165, 1.54) is 0 Å². The Morgan fingerprint density at radius 1 is 1.15 bits per heavy atom. The summed E-state index contributed by atoms with van der Waals surface area (Å²) in [7, 11) is 0. The van der Waals surface area contributed by atoms with Crippen molar-refractivity contribution in [1.82, 2.24) is 0 Å². The molecular weight excluding hydrogens is 429 g/mol. The molecule has 0 aromatic heterocycles. The average molecular weight is 446 g/mol. The van der Waals surface area contributed by atoms with Crippen LogP contribution in [0, 0.1) is 3.57 Å². The topological polar surface area (TPSA) is 35.2 Å². The van der Waals surface area contributed by atoms with Crippen molar-refractivity contribution in [2.75, 3.05) is 0 Å². The number of hydrogen-bond donors (Lipinski definition) is 1. The van der Waals surface area contributed by atoms with Crippen molar-refractivity contribution >= 4 is 38.5 Å². The van der Waals surface area contributed by atoms with Crippen molar-refractivity contribution in [3.63, 3.8) is 0 Å². The zero-order chi connectivity index (χ0) is 14.5. The van der Waals surface area contributed by atoms with E-state index in [0.29, 0.717) is 0 Å². The van der Waals surface area contributed by atoms with Gasteiger partial charge in [-0.3, -0.25) is 0 Å². The number of rotatable bonds is 5. The maximum absolute atomic E-state index is 6.25. The van der Waals surface area contributed by atoms with E-state index in [0.717, 1.165) is 25.8 Å². The maximum Gasteiger partial charge on any atom is 0.139 e. The fourth-order valence-electron chi connectivity index (χ4n) is 1.95. The van der Waals surface area contributed by atoms with Gasteiger partial charge >= 0.3 is 0 Å². The van der Waals surface area contributed by atoms with E-state index < -0.39 is 0 Å². The minimum Gasteiger partial charge on any atom is -0.483 e. The molecule has 2 rings (SSSR count). The number of ether oxygens (including phenoxy) is 1. The Balaban J connectivity index is 2.29. The molecule has 0 aliphatic heterocycles. The molecule has 2 N–H and O–H groups in total. The minimum atomic E-state index is -0.135. The minimum absolute atomic E-state index is 0.0350. The highest BCUT2D eigenvalue weighted by molar-refractivity contribution is 14.1. The van der Waals surface area contributed by atoms with Crippen LogP contribution in [-0.4, -0.2) is 6.04 Å². The Bertz CT molecular complexity index is 559. The Morgan fingerprint density at radius 3 is 2.40 bits per heavy atom. The first-order valence-corrected chi connectivity index (χ1v) is 8.41. The monoisotopic (exact) mass is 445 g/mol. The summed E-state index contributed by atoms with van der Waals surface area (Å²) in [6, 6.07) is 16.1. The third-order valence-electron chi connectivity index (χ3n) is 3.15. The number of nitrogens with two attached hydrogens (primary N) is 1. The first kappa shape index (κ1) is 15.8. The normalized spacial score (nSPS) is 13.8. The molecule has 4 heteroatoms. The molecule has 0 aliphatic rings. The Labute approximate surface area is 142 Å². The maximum atomic E-state index is 6.25. The van der Waals surface area contributed by atoms with Crippen molar-refractivity contribution in [1.29, 1.82) is 0 Å². The molecule has 0 saturated heterocycles. The molecule has 20 heavy (non-hydrogen) atoms. The predicted octanol–water partition coefficient (Wildman–Crippen LogP) is 4.91. The van der Waals surface area contributed by atoms with Crippen LogP contribution in [-0.2, 0) is 0 Å². The quantitative estimate of drug-likeness (QED) is 0.663. The molecule has 0 bridgehead atoms. The molecule has 0 amide bonds. The van der Waals surface area contributed by atoms with Gasteiger partial charge in [-0.05, 0) is 58.8 Å². The number of benzene rings is 2. The highest BCUT2D eigenvalue weighted by Gasteiger charge is 2.21. The first-order valence-electron chi connectivity index (χ1n) is 6.54. The van der Waals surface area contributed by atoms with Gasteiger partial charge in [0.25, 0.3) is 0 Å². The first-order chi connectivity index (χ1) is 9.61. The zero-order valence-corrected chi connectivity index (χ0v) is 15.0. The van der Waals surface area contributed by atoms with Gasteiger partial charge in [0.2, 0.25) is 0 Å². The average Bonchev–Trinajstić information content (AvgIpc) is 2.47. The summed E-state index contributed by atoms with van der Waals surface area (Å²) in [5, 5.41) is 0. The van der Waals surface area contributed by atoms with Crippen LogP contribution in [0.5, 0.6) is 5.75 Å². The highest BCUT2D eigenvalue weighted by Crippen LogP contribution is 2.29. The lowest BCUT2D eigenvalue weighted by molar-refractivity contribution is 0.169. The predicted molar refractivity (Wildman–Crippen MR) is 94.9 cm³/mol. The number of para-hydroxylation sites is 1. The molecule has 2 aromatic rings. The van der Waals surface area contributed by atoms with Gasteiger partial charge in [0.15, 0.2) is 0 Å². The van der Waals surface area contributed by atoms with Crippen molar-refractivity contribution in [3.8, 4) is 5.75 Å². The zero-order valence-electron chi connectivity index (χ0n) is 11.2. The Hall–Kier alpha value is -0.590. The van der Waals surface area contributed by atoms with Crippen molar-refractivity contribution in [2.24, 2.45) is 5.73 Å². The van der Waals surface area contributed by atoms with E-state index in [1.54, 1.807) is 0 Å². The molecule has 0 radical (unpaired) electrons. The summed E-state index contributed by atoms with van der Waals surface area (Å²) >= 11 is 5.73. The Kier molecular flexibility index (Phi) is 5.86. The van der Waals surface area contributed by atoms with Crippen LogP contribution in [0.4, 0.5) is 0 Å². The van der Waals surface area contributed by atoms with E-state index in [2.05, 4.69) is 57.6 Å². The van der Waals surface area contributed by atoms with Crippen LogP contribution < -0.4 is 10.5 Å². The molecule has 2 atom stereocenters. The van der Waals surface area contributed by atoms with Crippen LogP contribution in [0.2, 0.25) is 0 Å². The lowest BCUT2D eigenvalue weighted by Crippen LogP contribution is -2.31. The summed E-state index contributed by atoms with van der Waals surface area (Å²) in [6.45, 7) is 2.08. The summed E-state index contributed by atoms with van der Waals surface area (Å²) in [6.07, 6.45) is 0.730. The molecule has 0 saturated carbocycles. The van der Waals surface area contributed by atoms with Gasteiger partial charge in [-0.15, -0.1) is 0 Å². The second kappa shape index (κ2) is 7.43. The van der Waals surface area contributed by atoms with Gasteiger partial charge in [-0.1, -0.05) is 47.1 Å². The van der Waals surface area contributed by atoms with E-state index in [-0.39, 0.29) is 12.1 Å². The van der Waals surface area contributed by atoms with Crippen LogP contribution in [0.1, 0.15) is 25.0 Å². The molecule has 106 valence electrons. The molecule has 0 aliphatic carbocycles. The second-order valence-electron chi connectivity index (χ2n) is 4.59. The van der Waals surface area contributed by atoms with Crippen molar-refractivity contribution in [3.05, 3.63) is 62.1 Å². The summed E-state index contributed by atoms with van der Waals surface area (Å²) in [5.74, 6) is 0.880. The lowest BCUT2D eigenvalue weighted by Gasteiger charge is -2.25. The molecule has 0 heterocycles. The summed E-state index contributed by atoms with van der Waals surface area (Å²) < 4.78 is 8.32. The summed E-state index contributed by atoms with van der Waals surface area (Å²) in [4.78, 5) is 0.